The number of nitrogen functional groups attached to an aromatic ring is 2. The van der Waals surface area contributed by atoms with E-state index in [1.165, 1.54) is 0 Å². The quantitative estimate of drug-likeness (QED) is 0.648. The summed E-state index contributed by atoms with van der Waals surface area (Å²) in [5.41, 5.74) is 10.9. The number of nitrogens with two attached hydrogens (primary N) is 2. The molecular weight excluding hydrogens is 142 g/mol. The topological polar surface area (TPSA) is 82.8 Å². The summed E-state index contributed by atoms with van der Waals surface area (Å²) in [4.78, 5) is 3.79. The van der Waals surface area contributed by atoms with Gasteiger partial charge in [-0.1, -0.05) is 6.92 Å². The summed E-state index contributed by atoms with van der Waals surface area (Å²) in [6, 6.07) is 0.264. The third-order valence-electron chi connectivity index (χ3n) is 1.68. The minimum Gasteiger partial charge on any atom is -0.368 e. The fourth-order valence-electron chi connectivity index (χ4n) is 0.850. The van der Waals surface area contributed by atoms with Gasteiger partial charge in [0.05, 0.1) is 6.04 Å². The first kappa shape index (κ1) is 7.84. The zero-order valence-corrected chi connectivity index (χ0v) is 6.78. The molecule has 1 atom stereocenters. The maximum absolute atomic E-state index is 5.53. The predicted octanol–water partition coefficient (Wildman–Crippen LogP) is 0.414. The van der Waals surface area contributed by atoms with Gasteiger partial charge in [0, 0.05) is 0 Å². The highest BCUT2D eigenvalue weighted by molar-refractivity contribution is 5.26. The van der Waals surface area contributed by atoms with E-state index in [1.54, 1.807) is 4.68 Å². The van der Waals surface area contributed by atoms with Crippen LogP contribution >= 0.6 is 0 Å². The van der Waals surface area contributed by atoms with Crippen LogP contribution in [0.25, 0.3) is 0 Å². The summed E-state index contributed by atoms with van der Waals surface area (Å²) in [7, 11) is 0. The molecule has 1 aromatic heterocycles. The molecule has 0 aromatic carbocycles. The zero-order chi connectivity index (χ0) is 8.43. The van der Waals surface area contributed by atoms with E-state index in [4.69, 9.17) is 11.5 Å². The lowest BCUT2D eigenvalue weighted by Gasteiger charge is -2.08. The molecule has 0 amide bonds. The van der Waals surface area contributed by atoms with Crippen molar-refractivity contribution in [1.82, 2.24) is 14.8 Å². The SMILES string of the molecule is CC[C@@H](C)n1nc(N)nc1N. The van der Waals surface area contributed by atoms with Gasteiger partial charge < -0.3 is 11.5 Å². The Morgan fingerprint density at radius 3 is 2.55 bits per heavy atom. The van der Waals surface area contributed by atoms with Crippen LogP contribution in [0.1, 0.15) is 26.3 Å². The molecule has 0 saturated heterocycles. The predicted molar refractivity (Wildman–Crippen MR) is 43.8 cm³/mol. The Morgan fingerprint density at radius 2 is 2.18 bits per heavy atom. The highest BCUT2D eigenvalue weighted by Gasteiger charge is 2.08. The van der Waals surface area contributed by atoms with Crippen molar-refractivity contribution in [2.24, 2.45) is 0 Å². The zero-order valence-electron chi connectivity index (χ0n) is 6.78. The lowest BCUT2D eigenvalue weighted by Crippen LogP contribution is -2.09. The van der Waals surface area contributed by atoms with Gasteiger partial charge in [0.15, 0.2) is 0 Å². The summed E-state index contributed by atoms with van der Waals surface area (Å²) in [5.74, 6) is 0.625. The van der Waals surface area contributed by atoms with Crippen molar-refractivity contribution in [1.29, 1.82) is 0 Å². The first-order chi connectivity index (χ1) is 5.15. The Morgan fingerprint density at radius 1 is 1.55 bits per heavy atom. The van der Waals surface area contributed by atoms with Gasteiger partial charge in [-0.25, -0.2) is 4.68 Å². The molecule has 0 aliphatic carbocycles. The van der Waals surface area contributed by atoms with Gasteiger partial charge in [-0.2, -0.15) is 4.98 Å². The van der Waals surface area contributed by atoms with Crippen molar-refractivity contribution >= 4 is 11.9 Å². The van der Waals surface area contributed by atoms with Crippen molar-refractivity contribution in [3.8, 4) is 0 Å². The third-order valence-corrected chi connectivity index (χ3v) is 1.68. The summed E-state index contributed by atoms with van der Waals surface area (Å²) < 4.78 is 1.63. The summed E-state index contributed by atoms with van der Waals surface area (Å²) in [6.45, 7) is 4.08. The van der Waals surface area contributed by atoms with Gasteiger partial charge in [0.1, 0.15) is 0 Å². The normalized spacial score (nSPS) is 13.3. The van der Waals surface area contributed by atoms with Crippen LogP contribution in [0.5, 0.6) is 0 Å². The Bertz CT molecular complexity index is 241. The number of aromatic nitrogens is 3. The summed E-state index contributed by atoms with van der Waals surface area (Å²) >= 11 is 0. The summed E-state index contributed by atoms with van der Waals surface area (Å²) in [6.07, 6.45) is 0.965. The standard InChI is InChI=1S/C6H13N5/c1-3-4(2)11-6(8)9-5(7)10-11/h4H,3H2,1-2H3,(H4,7,8,9,10)/t4-/m1/s1. The van der Waals surface area contributed by atoms with E-state index < -0.39 is 0 Å². The van der Waals surface area contributed by atoms with Crippen molar-refractivity contribution in [3.63, 3.8) is 0 Å². The molecule has 0 saturated carbocycles. The van der Waals surface area contributed by atoms with Crippen LogP contribution in [0, 0.1) is 0 Å². The molecule has 0 unspecified atom stereocenters. The molecule has 5 nitrogen and oxygen atoms in total. The number of hydrogen-bond acceptors (Lipinski definition) is 4. The molecular formula is C6H13N5. The fraction of sp³-hybridized carbons (Fsp3) is 0.667. The van der Waals surface area contributed by atoms with Gasteiger partial charge in [-0.15, -0.1) is 5.10 Å². The van der Waals surface area contributed by atoms with E-state index in [9.17, 15) is 0 Å². The number of hydrogen-bond donors (Lipinski definition) is 2. The minimum absolute atomic E-state index is 0.239. The van der Waals surface area contributed by atoms with Crippen LogP contribution in [0.15, 0.2) is 0 Å². The van der Waals surface area contributed by atoms with Crippen LogP contribution in [0.4, 0.5) is 11.9 Å². The smallest absolute Gasteiger partial charge is 0.241 e. The Labute approximate surface area is 65.4 Å². The Hall–Kier alpha value is -1.26. The van der Waals surface area contributed by atoms with Gasteiger partial charge in [-0.3, -0.25) is 0 Å². The van der Waals surface area contributed by atoms with E-state index >= 15 is 0 Å². The fourth-order valence-corrected chi connectivity index (χ4v) is 0.850. The van der Waals surface area contributed by atoms with Crippen LogP contribution in [-0.2, 0) is 0 Å². The monoisotopic (exact) mass is 155 g/mol. The van der Waals surface area contributed by atoms with Gasteiger partial charge >= 0.3 is 0 Å². The van der Waals surface area contributed by atoms with E-state index in [0.29, 0.717) is 5.95 Å². The Balaban J connectivity index is 2.93. The Kier molecular flexibility index (Phi) is 1.98. The second kappa shape index (κ2) is 2.77. The molecule has 1 rings (SSSR count). The third kappa shape index (κ3) is 1.42. The van der Waals surface area contributed by atoms with E-state index in [0.717, 1.165) is 6.42 Å². The first-order valence-corrected chi connectivity index (χ1v) is 3.62. The van der Waals surface area contributed by atoms with Crippen molar-refractivity contribution in [3.05, 3.63) is 0 Å². The van der Waals surface area contributed by atoms with Crippen molar-refractivity contribution < 1.29 is 0 Å². The second-order valence-corrected chi connectivity index (χ2v) is 2.53. The van der Waals surface area contributed by atoms with E-state index in [-0.39, 0.29) is 12.0 Å². The molecule has 1 aromatic rings. The average Bonchev–Trinajstić information content (AvgIpc) is 2.28. The second-order valence-electron chi connectivity index (χ2n) is 2.53. The molecule has 11 heavy (non-hydrogen) atoms. The molecule has 62 valence electrons. The molecule has 5 heteroatoms. The maximum atomic E-state index is 5.53. The largest absolute Gasteiger partial charge is 0.368 e. The molecule has 0 fully saturated rings. The number of anilines is 2. The molecule has 0 spiro atoms. The van der Waals surface area contributed by atoms with E-state index in [1.807, 2.05) is 6.92 Å². The lowest BCUT2D eigenvalue weighted by atomic mass is 10.3. The highest BCUT2D eigenvalue weighted by Crippen LogP contribution is 2.13. The first-order valence-electron chi connectivity index (χ1n) is 3.62. The highest BCUT2D eigenvalue weighted by atomic mass is 15.4. The molecule has 0 bridgehead atoms. The van der Waals surface area contributed by atoms with Gasteiger partial charge in [0.25, 0.3) is 0 Å². The van der Waals surface area contributed by atoms with Crippen LogP contribution < -0.4 is 11.5 Å². The van der Waals surface area contributed by atoms with Crippen molar-refractivity contribution in [2.45, 2.75) is 26.3 Å². The minimum atomic E-state index is 0.239. The lowest BCUT2D eigenvalue weighted by molar-refractivity contribution is 0.485. The van der Waals surface area contributed by atoms with Crippen molar-refractivity contribution in [2.75, 3.05) is 11.5 Å². The molecule has 0 aliphatic rings. The van der Waals surface area contributed by atoms with Crippen LogP contribution in [0.3, 0.4) is 0 Å². The van der Waals surface area contributed by atoms with Gasteiger partial charge in [0.2, 0.25) is 11.9 Å². The molecule has 0 radical (unpaired) electrons. The maximum Gasteiger partial charge on any atom is 0.241 e. The molecule has 1 heterocycles. The molecule has 4 N–H and O–H groups in total. The average molecular weight is 155 g/mol. The molecule has 0 aliphatic heterocycles. The summed E-state index contributed by atoms with van der Waals surface area (Å²) in [5, 5.41) is 3.94. The van der Waals surface area contributed by atoms with Crippen LogP contribution in [-0.4, -0.2) is 14.8 Å². The van der Waals surface area contributed by atoms with Crippen LogP contribution in [0.2, 0.25) is 0 Å². The van der Waals surface area contributed by atoms with E-state index in [2.05, 4.69) is 17.0 Å². The number of nitrogens with zero attached hydrogens (tertiary/aromatic N) is 3. The number of rotatable bonds is 2. The van der Waals surface area contributed by atoms with Gasteiger partial charge in [-0.05, 0) is 13.3 Å².